The van der Waals surface area contributed by atoms with Crippen molar-refractivity contribution in [1.29, 1.82) is 0 Å². The molecule has 0 radical (unpaired) electrons. The van der Waals surface area contributed by atoms with Crippen LogP contribution >= 0.6 is 7.82 Å². The molecule has 0 bridgehead atoms. The molecule has 0 aliphatic heterocycles. The van der Waals surface area contributed by atoms with Crippen molar-refractivity contribution < 1.29 is 64.3 Å². The lowest BCUT2D eigenvalue weighted by Gasteiger charge is -2.22. The van der Waals surface area contributed by atoms with E-state index < -0.39 is 50.8 Å². The van der Waals surface area contributed by atoms with Crippen molar-refractivity contribution in [2.75, 3.05) is 13.2 Å². The highest BCUT2D eigenvalue weighted by atomic mass is 31.2. The smallest absolute Gasteiger partial charge is 0.466 e. The number of nitrogens with two attached hydrogens (primary N) is 3. The molecule has 0 unspecified atom stereocenters. The highest BCUT2D eigenvalue weighted by Crippen LogP contribution is 2.25. The van der Waals surface area contributed by atoms with Gasteiger partial charge in [0.1, 0.15) is 24.4 Å². The van der Waals surface area contributed by atoms with Crippen molar-refractivity contribution in [3.05, 3.63) is 0 Å². The zero-order chi connectivity index (χ0) is 22.1. The first kappa shape index (κ1) is 32.0. The highest BCUT2D eigenvalue weighted by Gasteiger charge is 2.29. The van der Waals surface area contributed by atoms with E-state index in [4.69, 9.17) is 54.7 Å². The van der Waals surface area contributed by atoms with Crippen LogP contribution in [0.2, 0.25) is 0 Å². The van der Waals surface area contributed by atoms with Gasteiger partial charge < -0.3 is 67.3 Å². The monoisotopic (exact) mass is 413 g/mol. The molecular weight excluding hydrogens is 389 g/mol. The maximum atomic E-state index is 9.90. The van der Waals surface area contributed by atoms with Gasteiger partial charge in [0.2, 0.25) is 0 Å². The van der Waals surface area contributed by atoms with Crippen molar-refractivity contribution in [3.63, 3.8) is 0 Å². The Morgan fingerprint density at radius 1 is 1.00 bits per heavy atom. The Hall–Kier alpha value is -1.72. The summed E-state index contributed by atoms with van der Waals surface area (Å²) in [4.78, 5) is 49.7. The first-order valence-electron chi connectivity index (χ1n) is 6.08. The van der Waals surface area contributed by atoms with E-state index in [-0.39, 0.29) is 12.8 Å². The van der Waals surface area contributed by atoms with Gasteiger partial charge in [-0.2, -0.15) is 0 Å². The number of carbonyl (C=O) groups excluding carboxylic acids is 2. The number of carbonyl (C=O) groups is 3. The second-order valence-electron chi connectivity index (χ2n) is 3.87. The molecule has 0 aliphatic rings. The normalized spacial score (nSPS) is 14.3. The van der Waals surface area contributed by atoms with E-state index in [1.54, 1.807) is 0 Å². The minimum Gasteiger partial charge on any atom is -0.480 e. The minimum absolute atomic E-state index is 0.0258. The number of hydrogen-bond acceptors (Lipinski definition) is 10. The molecule has 0 aromatic heterocycles. The van der Waals surface area contributed by atoms with Crippen LogP contribution in [-0.2, 0) is 14.2 Å². The summed E-state index contributed by atoms with van der Waals surface area (Å²) in [6.45, 7) is -1.04. The summed E-state index contributed by atoms with van der Waals surface area (Å²) < 4.78 is 8.88. The molecule has 26 heavy (non-hydrogen) atoms. The van der Waals surface area contributed by atoms with Gasteiger partial charge in [0.25, 0.3) is 0 Å². The second-order valence-corrected chi connectivity index (χ2v) is 4.90. The molecule has 17 heteroatoms. The van der Waals surface area contributed by atoms with E-state index >= 15 is 0 Å². The predicted octanol–water partition coefficient (Wildman–Crippen LogP) is -6.25. The molecule has 0 aromatic rings. The molecule has 158 valence electrons. The van der Waals surface area contributed by atoms with E-state index in [9.17, 15) is 9.59 Å². The zero-order valence-corrected chi connectivity index (χ0v) is 14.0. The molecule has 15 N–H and O–H groups in total. The van der Waals surface area contributed by atoms with E-state index in [1.165, 1.54) is 0 Å². The van der Waals surface area contributed by atoms with Crippen LogP contribution in [0.25, 0.3) is 0 Å². The number of urea groups is 1. The number of carboxylic acid groups (broad SMARTS) is 1. The number of aliphatic hydroxyl groups is 5. The molecule has 0 saturated carbocycles. The van der Waals surface area contributed by atoms with Crippen LogP contribution in [0.15, 0.2) is 0 Å². The molecule has 0 rings (SSSR count). The molecule has 0 spiro atoms. The number of hydrogen-bond donors (Lipinski definition) is 12. The first-order chi connectivity index (χ1) is 11.5. The number of phosphoric acid groups is 1. The molecule has 0 saturated heterocycles. The molecule has 0 heterocycles. The van der Waals surface area contributed by atoms with Crippen molar-refractivity contribution in [3.8, 4) is 0 Å². The van der Waals surface area contributed by atoms with Gasteiger partial charge in [-0.3, -0.25) is 4.79 Å². The van der Waals surface area contributed by atoms with E-state index in [2.05, 4.69) is 17.2 Å². The van der Waals surface area contributed by atoms with Crippen LogP contribution < -0.4 is 17.2 Å². The highest BCUT2D eigenvalue weighted by molar-refractivity contribution is 7.45. The summed E-state index contributed by atoms with van der Waals surface area (Å²) in [7, 11) is -4.64. The average molecular weight is 413 g/mol. The zero-order valence-electron chi connectivity index (χ0n) is 13.1. The third-order valence-electron chi connectivity index (χ3n) is 1.60. The number of aliphatic hydroxyl groups excluding tert-OH is 5. The maximum absolute atomic E-state index is 9.90. The first-order valence-corrected chi connectivity index (χ1v) is 7.65. The van der Waals surface area contributed by atoms with Crippen molar-refractivity contribution in [2.45, 2.75) is 24.4 Å². The van der Waals surface area contributed by atoms with Crippen molar-refractivity contribution in [1.82, 2.24) is 0 Å². The van der Waals surface area contributed by atoms with Crippen LogP contribution in [-0.4, -0.2) is 101 Å². The van der Waals surface area contributed by atoms with Gasteiger partial charge in [0.05, 0.1) is 13.2 Å². The fourth-order valence-corrected chi connectivity index (χ4v) is 0.618. The largest absolute Gasteiger partial charge is 0.480 e. The SMILES string of the molecule is NC(N)=O.NCC(=O)O.O=C[C@H](O)[C@@H](O)[C@H](O)[C@H](O)CO.O=P(O)(O)O. The summed E-state index contributed by atoms with van der Waals surface area (Å²) >= 11 is 0. The average Bonchev–Trinajstić information content (AvgIpc) is 2.50. The number of carboxylic acids is 1. The summed E-state index contributed by atoms with van der Waals surface area (Å²) in [6, 6.07) is -0.833. The fourth-order valence-electron chi connectivity index (χ4n) is 0.618. The Morgan fingerprint density at radius 2 is 1.27 bits per heavy atom. The predicted molar refractivity (Wildman–Crippen MR) is 81.9 cm³/mol. The lowest BCUT2D eigenvalue weighted by Crippen LogP contribution is -2.46. The number of aliphatic carboxylic acids is 1. The molecule has 0 aromatic carbocycles. The Kier molecular flexibility index (Phi) is 22.3. The quantitative estimate of drug-likeness (QED) is 0.142. The summed E-state index contributed by atoms with van der Waals surface area (Å²) in [5.41, 5.74) is 13.1. The minimum atomic E-state index is -4.64. The second kappa shape index (κ2) is 18.1. The van der Waals surface area contributed by atoms with Crippen LogP contribution in [0.4, 0.5) is 4.79 Å². The lowest BCUT2D eigenvalue weighted by atomic mass is 10.0. The third kappa shape index (κ3) is 38.1. The van der Waals surface area contributed by atoms with Crippen LogP contribution in [0.3, 0.4) is 0 Å². The number of rotatable bonds is 6. The fraction of sp³-hybridized carbons (Fsp3) is 0.667. The lowest BCUT2D eigenvalue weighted by molar-refractivity contribution is -0.136. The molecule has 4 atom stereocenters. The van der Waals surface area contributed by atoms with Crippen LogP contribution in [0, 0.1) is 0 Å². The van der Waals surface area contributed by atoms with Gasteiger partial charge in [-0.1, -0.05) is 0 Å². The van der Waals surface area contributed by atoms with E-state index in [0.717, 1.165) is 0 Å². The molecule has 2 amide bonds. The number of aldehydes is 1. The molecule has 0 fully saturated rings. The topological polar surface area (TPSA) is 328 Å². The van der Waals surface area contributed by atoms with Gasteiger partial charge in [-0.15, -0.1) is 0 Å². The van der Waals surface area contributed by atoms with Gasteiger partial charge >= 0.3 is 19.8 Å². The standard InChI is InChI=1S/C6H12O6.C2H5NO2.CH4N2O.H3O4P/c7-1-3(9)5(11)6(12)4(10)2-8;3-1-2(4)5;2-1(3)4;1-5(2,3)4/h1,3-6,8-12H,2H2;1,3H2,(H,4,5);(H4,2,3,4);(H3,1,2,3,4)/t3-,4+,5+,6+;;;/m0.../s1. The van der Waals surface area contributed by atoms with Crippen LogP contribution in [0.1, 0.15) is 0 Å². The van der Waals surface area contributed by atoms with Crippen molar-refractivity contribution >= 4 is 26.1 Å². The summed E-state index contributed by atoms with van der Waals surface area (Å²) in [6.07, 6.45) is -6.84. The van der Waals surface area contributed by atoms with Gasteiger partial charge in [-0.25, -0.2) is 9.36 Å². The van der Waals surface area contributed by atoms with Gasteiger partial charge in [0, 0.05) is 0 Å². The molecular formula is C9H24N3O13P. The Morgan fingerprint density at radius 3 is 1.42 bits per heavy atom. The van der Waals surface area contributed by atoms with Gasteiger partial charge in [-0.05, 0) is 0 Å². The molecule has 16 nitrogen and oxygen atoms in total. The summed E-state index contributed by atoms with van der Waals surface area (Å²) in [5.74, 6) is -0.968. The number of primary amides is 2. The van der Waals surface area contributed by atoms with Crippen molar-refractivity contribution in [2.24, 2.45) is 17.2 Å². The molecule has 0 aliphatic carbocycles. The Balaban J connectivity index is -0.000000143. The van der Waals surface area contributed by atoms with Gasteiger partial charge in [0.15, 0.2) is 6.29 Å². The maximum Gasteiger partial charge on any atom is 0.466 e. The third-order valence-corrected chi connectivity index (χ3v) is 1.60. The van der Waals surface area contributed by atoms with E-state index in [1.807, 2.05) is 0 Å². The number of amides is 2. The Bertz CT molecular complexity index is 419. The van der Waals surface area contributed by atoms with Crippen LogP contribution in [0.5, 0.6) is 0 Å². The van der Waals surface area contributed by atoms with E-state index in [0.29, 0.717) is 0 Å². The Labute approximate surface area is 146 Å². The summed E-state index contributed by atoms with van der Waals surface area (Å²) in [5, 5.41) is 51.1.